The van der Waals surface area contributed by atoms with Gasteiger partial charge in [0.15, 0.2) is 5.82 Å². The largest absolute Gasteiger partial charge is 0.439 e. The molecule has 0 aliphatic carbocycles. The van der Waals surface area contributed by atoms with Gasteiger partial charge in [-0.2, -0.15) is 13.2 Å². The number of alkyl halides is 3. The Balaban J connectivity index is 1.77. The molecule has 0 unspecified atom stereocenters. The maximum Gasteiger partial charge on any atom is 0.439 e. The first-order valence-electron chi connectivity index (χ1n) is 8.99. The van der Waals surface area contributed by atoms with Crippen LogP contribution in [0.25, 0.3) is 21.5 Å². The summed E-state index contributed by atoms with van der Waals surface area (Å²) < 4.78 is 71.3. The van der Waals surface area contributed by atoms with E-state index in [9.17, 15) is 26.4 Å². The van der Waals surface area contributed by atoms with Crippen LogP contribution in [-0.2, 0) is 10.0 Å². The van der Waals surface area contributed by atoms with Crippen LogP contribution in [-0.4, -0.2) is 31.3 Å². The Hall–Kier alpha value is -2.83. The molecule has 7 nitrogen and oxygen atoms in total. The van der Waals surface area contributed by atoms with E-state index in [0.29, 0.717) is 20.0 Å². The molecule has 2 aromatic carbocycles. The maximum absolute atomic E-state index is 13.3. The van der Waals surface area contributed by atoms with Crippen molar-refractivity contribution in [3.05, 3.63) is 64.1 Å². The molecular formula is C19H13ClF3N3O4S2. The zero-order chi connectivity index (χ0) is 23.1. The molecule has 0 saturated heterocycles. The normalized spacial score (nSPS) is 12.4. The minimum atomic E-state index is -4.57. The number of fused-ring (bicyclic) bond motifs is 1. The van der Waals surface area contributed by atoms with Gasteiger partial charge in [0, 0.05) is 22.2 Å². The van der Waals surface area contributed by atoms with Crippen molar-refractivity contribution in [2.75, 3.05) is 10.8 Å². The number of nitrogens with one attached hydrogen (secondary N) is 1. The SMILES string of the molecule is O=c1[nH]c(-c2ccc(S(=O)(=O)N(CCC(F)(F)F)c3sc4ccccc4c3Cl)cc2)no1. The molecule has 0 saturated carbocycles. The minimum Gasteiger partial charge on any atom is -0.296 e. The molecule has 4 rings (SSSR count). The van der Waals surface area contributed by atoms with E-state index in [2.05, 4.69) is 14.7 Å². The molecule has 0 amide bonds. The van der Waals surface area contributed by atoms with E-state index in [1.165, 1.54) is 24.3 Å². The quantitative estimate of drug-likeness (QED) is 0.397. The van der Waals surface area contributed by atoms with Gasteiger partial charge in [-0.3, -0.25) is 13.8 Å². The predicted octanol–water partition coefficient (Wildman–Crippen LogP) is 5.05. The number of sulfonamides is 1. The number of hydrogen-bond acceptors (Lipinski definition) is 6. The second kappa shape index (κ2) is 8.26. The van der Waals surface area contributed by atoms with Crippen LogP contribution in [0, 0.1) is 0 Å². The number of halogens is 4. The van der Waals surface area contributed by atoms with Gasteiger partial charge >= 0.3 is 11.9 Å². The van der Waals surface area contributed by atoms with Crippen LogP contribution in [0.1, 0.15) is 6.42 Å². The van der Waals surface area contributed by atoms with E-state index in [1.54, 1.807) is 24.3 Å². The van der Waals surface area contributed by atoms with Crippen LogP contribution in [0.2, 0.25) is 5.02 Å². The number of hydrogen-bond donors (Lipinski definition) is 1. The van der Waals surface area contributed by atoms with Gasteiger partial charge in [-0.1, -0.05) is 35.0 Å². The molecule has 2 aromatic heterocycles. The zero-order valence-corrected chi connectivity index (χ0v) is 18.3. The van der Waals surface area contributed by atoms with Crippen molar-refractivity contribution in [2.24, 2.45) is 0 Å². The number of benzene rings is 2. The van der Waals surface area contributed by atoms with Crippen molar-refractivity contribution in [2.45, 2.75) is 17.5 Å². The Morgan fingerprint density at radius 1 is 1.12 bits per heavy atom. The minimum absolute atomic E-state index is 0.00187. The van der Waals surface area contributed by atoms with Crippen LogP contribution in [0.15, 0.2) is 62.7 Å². The lowest BCUT2D eigenvalue weighted by atomic mass is 10.2. The average Bonchev–Trinajstić information content (AvgIpc) is 3.31. The lowest BCUT2D eigenvalue weighted by molar-refractivity contribution is -0.131. The first-order valence-corrected chi connectivity index (χ1v) is 11.6. The van der Waals surface area contributed by atoms with Crippen LogP contribution in [0.4, 0.5) is 18.2 Å². The first-order chi connectivity index (χ1) is 15.1. The lowest BCUT2D eigenvalue weighted by Gasteiger charge is -2.24. The standard InChI is InChI=1S/C19H13ClF3N3O4S2/c20-15-13-3-1-2-4-14(13)31-17(15)26(10-9-19(21,22)23)32(28,29)12-7-5-11(6-8-12)16-24-18(27)30-25-16/h1-8H,9-10H2,(H,24,25,27). The molecule has 13 heteroatoms. The summed E-state index contributed by atoms with van der Waals surface area (Å²) in [6, 6.07) is 11.9. The van der Waals surface area contributed by atoms with Crippen LogP contribution in [0.3, 0.4) is 0 Å². The fourth-order valence-corrected chi connectivity index (χ4v) is 6.29. The molecule has 4 aromatic rings. The van der Waals surface area contributed by atoms with Crippen LogP contribution < -0.4 is 10.1 Å². The van der Waals surface area contributed by atoms with E-state index in [4.69, 9.17) is 11.6 Å². The summed E-state index contributed by atoms with van der Waals surface area (Å²) >= 11 is 7.37. The molecule has 0 aliphatic rings. The Kier molecular flexibility index (Phi) is 5.77. The highest BCUT2D eigenvalue weighted by atomic mass is 35.5. The van der Waals surface area contributed by atoms with Crippen LogP contribution in [0.5, 0.6) is 0 Å². The summed E-state index contributed by atoms with van der Waals surface area (Å²) in [5.41, 5.74) is 0.358. The Bertz CT molecular complexity index is 1430. The zero-order valence-electron chi connectivity index (χ0n) is 15.9. The number of nitrogens with zero attached hydrogens (tertiary/aromatic N) is 2. The van der Waals surface area contributed by atoms with Gasteiger partial charge in [-0.15, -0.1) is 11.3 Å². The summed E-state index contributed by atoms with van der Waals surface area (Å²) in [6.07, 6.45) is -5.92. The fourth-order valence-electron chi connectivity index (χ4n) is 2.99. The maximum atomic E-state index is 13.3. The van der Waals surface area contributed by atoms with Crippen molar-refractivity contribution in [3.63, 3.8) is 0 Å². The highest BCUT2D eigenvalue weighted by Crippen LogP contribution is 2.44. The van der Waals surface area contributed by atoms with Crippen molar-refractivity contribution < 1.29 is 26.1 Å². The van der Waals surface area contributed by atoms with Gasteiger partial charge in [0.25, 0.3) is 10.0 Å². The van der Waals surface area contributed by atoms with E-state index in [1.807, 2.05) is 0 Å². The third-order valence-electron chi connectivity index (χ3n) is 4.50. The molecule has 0 spiro atoms. The van der Waals surface area contributed by atoms with E-state index in [0.717, 1.165) is 11.3 Å². The topological polar surface area (TPSA) is 96.3 Å². The summed E-state index contributed by atoms with van der Waals surface area (Å²) in [7, 11) is -4.40. The van der Waals surface area contributed by atoms with E-state index in [-0.39, 0.29) is 20.7 Å². The second-order valence-corrected chi connectivity index (χ2v) is 9.90. The Morgan fingerprint density at radius 3 is 2.41 bits per heavy atom. The fraction of sp³-hybridized carbons (Fsp3) is 0.158. The number of H-pyrrole nitrogens is 1. The molecule has 0 aliphatic heterocycles. The first kappa shape index (κ1) is 22.4. The average molecular weight is 504 g/mol. The number of rotatable bonds is 6. The van der Waals surface area contributed by atoms with Crippen LogP contribution >= 0.6 is 22.9 Å². The number of aromatic amines is 1. The molecule has 0 atom stereocenters. The van der Waals surface area contributed by atoms with Crippen molar-refractivity contribution in [3.8, 4) is 11.4 Å². The van der Waals surface area contributed by atoms with E-state index < -0.39 is 34.9 Å². The monoisotopic (exact) mass is 503 g/mol. The molecule has 0 radical (unpaired) electrons. The highest BCUT2D eigenvalue weighted by molar-refractivity contribution is 7.93. The number of anilines is 1. The molecule has 2 heterocycles. The van der Waals surface area contributed by atoms with Crippen molar-refractivity contribution >= 4 is 48.0 Å². The molecule has 0 fully saturated rings. The smallest absolute Gasteiger partial charge is 0.296 e. The number of aromatic nitrogens is 2. The Labute approximate surface area is 188 Å². The third kappa shape index (κ3) is 4.38. The molecular weight excluding hydrogens is 491 g/mol. The van der Waals surface area contributed by atoms with Gasteiger partial charge in [-0.05, 0) is 30.3 Å². The highest BCUT2D eigenvalue weighted by Gasteiger charge is 2.34. The van der Waals surface area contributed by atoms with Crippen molar-refractivity contribution in [1.29, 1.82) is 0 Å². The predicted molar refractivity (Wildman–Crippen MR) is 115 cm³/mol. The summed E-state index contributed by atoms with van der Waals surface area (Å²) in [4.78, 5) is 13.2. The third-order valence-corrected chi connectivity index (χ3v) is 8.12. The number of thiophene rings is 1. The van der Waals surface area contributed by atoms with Gasteiger partial charge < -0.3 is 0 Å². The second-order valence-electron chi connectivity index (χ2n) is 6.63. The summed E-state index contributed by atoms with van der Waals surface area (Å²) in [5, 5.41) is 4.12. The summed E-state index contributed by atoms with van der Waals surface area (Å²) in [6.45, 7) is -0.837. The summed E-state index contributed by atoms with van der Waals surface area (Å²) in [5.74, 6) is -0.699. The van der Waals surface area contributed by atoms with Gasteiger partial charge in [0.1, 0.15) is 5.00 Å². The molecule has 168 valence electrons. The Morgan fingerprint density at radius 2 is 1.81 bits per heavy atom. The van der Waals surface area contributed by atoms with Gasteiger partial charge in [0.05, 0.1) is 16.3 Å². The van der Waals surface area contributed by atoms with E-state index >= 15 is 0 Å². The van der Waals surface area contributed by atoms with Gasteiger partial charge in [0.2, 0.25) is 0 Å². The van der Waals surface area contributed by atoms with Gasteiger partial charge in [-0.25, -0.2) is 13.2 Å². The lowest BCUT2D eigenvalue weighted by Crippen LogP contribution is -2.34. The molecule has 32 heavy (non-hydrogen) atoms. The van der Waals surface area contributed by atoms with Crippen molar-refractivity contribution in [1.82, 2.24) is 10.1 Å². The molecule has 0 bridgehead atoms. The molecule has 1 N–H and O–H groups in total.